The number of hydrogen-bond acceptors (Lipinski definition) is 3. The first-order valence-electron chi connectivity index (χ1n) is 8.39. The fourth-order valence-electron chi connectivity index (χ4n) is 1.91. The fraction of sp³-hybridized carbons (Fsp3) is 0.647. The molecule has 1 heterocycles. The second kappa shape index (κ2) is 9.85. The van der Waals surface area contributed by atoms with Crippen LogP contribution in [0.3, 0.4) is 0 Å². The maximum Gasteiger partial charge on any atom is 0.410 e. The number of aliphatic imine (C=N–C) groups is 1. The van der Waals surface area contributed by atoms with Crippen LogP contribution >= 0.6 is 0 Å². The number of amides is 1. The number of ether oxygens (including phenoxy) is 1. The summed E-state index contributed by atoms with van der Waals surface area (Å²) < 4.78 is 7.42. The Morgan fingerprint density at radius 1 is 1.25 bits per heavy atom. The predicted molar refractivity (Wildman–Crippen MR) is 97.3 cm³/mol. The molecule has 136 valence electrons. The second-order valence-corrected chi connectivity index (χ2v) is 6.51. The zero-order valence-corrected chi connectivity index (χ0v) is 15.5. The summed E-state index contributed by atoms with van der Waals surface area (Å²) in [6.45, 7) is 11.0. The van der Waals surface area contributed by atoms with Crippen LogP contribution < -0.4 is 10.6 Å². The molecule has 0 spiro atoms. The van der Waals surface area contributed by atoms with Gasteiger partial charge in [0.25, 0.3) is 0 Å². The third-order valence-electron chi connectivity index (χ3n) is 3.08. The van der Waals surface area contributed by atoms with Gasteiger partial charge >= 0.3 is 6.09 Å². The van der Waals surface area contributed by atoms with Crippen molar-refractivity contribution in [3.8, 4) is 0 Å². The molecular weight excluding hydrogens is 306 g/mol. The Bertz CT molecular complexity index is 506. The Hall–Kier alpha value is -2.18. The number of hydrogen-bond donors (Lipinski definition) is 2. The normalized spacial score (nSPS) is 12.0. The quantitative estimate of drug-likeness (QED) is 0.589. The van der Waals surface area contributed by atoms with E-state index in [-0.39, 0.29) is 6.09 Å². The van der Waals surface area contributed by atoms with Crippen LogP contribution in [0.15, 0.2) is 29.5 Å². The fourth-order valence-corrected chi connectivity index (χ4v) is 1.91. The monoisotopic (exact) mass is 337 g/mol. The molecule has 0 radical (unpaired) electrons. The van der Waals surface area contributed by atoms with E-state index in [0.29, 0.717) is 13.1 Å². The number of likely N-dealkylation sites (N-methyl/N-ethyl adjacent to an activating group) is 1. The Balaban J connectivity index is 2.37. The van der Waals surface area contributed by atoms with Gasteiger partial charge in [0.05, 0.1) is 6.54 Å². The first-order valence-corrected chi connectivity index (χ1v) is 8.39. The second-order valence-electron chi connectivity index (χ2n) is 6.51. The lowest BCUT2D eigenvalue weighted by atomic mass is 10.2. The third kappa shape index (κ3) is 8.45. The number of rotatable bonds is 7. The number of aromatic nitrogens is 1. The average Bonchev–Trinajstić information content (AvgIpc) is 2.98. The van der Waals surface area contributed by atoms with Crippen LogP contribution in [0.2, 0.25) is 0 Å². The summed E-state index contributed by atoms with van der Waals surface area (Å²) in [4.78, 5) is 17.9. The van der Waals surface area contributed by atoms with Gasteiger partial charge in [-0.3, -0.25) is 4.99 Å². The van der Waals surface area contributed by atoms with Crippen LogP contribution in [-0.2, 0) is 11.3 Å². The summed E-state index contributed by atoms with van der Waals surface area (Å²) in [6, 6.07) is 4.01. The van der Waals surface area contributed by atoms with Crippen molar-refractivity contribution in [2.75, 3.05) is 33.2 Å². The Kier molecular flexibility index (Phi) is 8.15. The molecule has 0 aliphatic carbocycles. The van der Waals surface area contributed by atoms with Crippen LogP contribution in [0, 0.1) is 0 Å². The van der Waals surface area contributed by atoms with E-state index in [1.807, 2.05) is 52.2 Å². The molecular formula is C17H31N5O2. The van der Waals surface area contributed by atoms with Gasteiger partial charge in [-0.1, -0.05) is 0 Å². The molecule has 0 saturated heterocycles. The van der Waals surface area contributed by atoms with E-state index in [2.05, 4.69) is 20.2 Å². The Morgan fingerprint density at radius 2 is 1.92 bits per heavy atom. The number of nitrogens with zero attached hydrogens (tertiary/aromatic N) is 3. The summed E-state index contributed by atoms with van der Waals surface area (Å²) >= 11 is 0. The zero-order chi connectivity index (χ0) is 18.0. The molecule has 1 rings (SSSR count). The smallest absolute Gasteiger partial charge is 0.410 e. The molecule has 7 nitrogen and oxygen atoms in total. The Labute approximate surface area is 145 Å². The molecule has 0 saturated carbocycles. The molecule has 0 atom stereocenters. The highest BCUT2D eigenvalue weighted by atomic mass is 16.6. The number of guanidine groups is 1. The van der Waals surface area contributed by atoms with Crippen molar-refractivity contribution >= 4 is 12.1 Å². The highest BCUT2D eigenvalue weighted by Gasteiger charge is 2.19. The van der Waals surface area contributed by atoms with Gasteiger partial charge < -0.3 is 24.8 Å². The number of carbonyl (C=O) groups is 1. The summed E-state index contributed by atoms with van der Waals surface area (Å²) in [5.74, 6) is 0.752. The Morgan fingerprint density at radius 3 is 2.50 bits per heavy atom. The van der Waals surface area contributed by atoms with Gasteiger partial charge in [-0.05, 0) is 39.8 Å². The molecule has 0 unspecified atom stereocenters. The van der Waals surface area contributed by atoms with E-state index in [9.17, 15) is 4.79 Å². The molecule has 0 aliphatic heterocycles. The highest BCUT2D eigenvalue weighted by molar-refractivity contribution is 5.79. The molecule has 0 bridgehead atoms. The van der Waals surface area contributed by atoms with Gasteiger partial charge in [0, 0.05) is 45.6 Å². The van der Waals surface area contributed by atoms with E-state index < -0.39 is 5.60 Å². The lowest BCUT2D eigenvalue weighted by molar-refractivity contribution is 0.0304. The SMILES string of the molecule is CCNC(=NCCN(C)C(=O)OC(C)(C)C)NCCn1cccc1. The zero-order valence-electron chi connectivity index (χ0n) is 15.5. The van der Waals surface area contributed by atoms with Gasteiger partial charge in [0.15, 0.2) is 5.96 Å². The minimum Gasteiger partial charge on any atom is -0.444 e. The van der Waals surface area contributed by atoms with Crippen molar-refractivity contribution in [3.63, 3.8) is 0 Å². The van der Waals surface area contributed by atoms with Crippen molar-refractivity contribution in [2.45, 2.75) is 39.8 Å². The molecule has 2 N–H and O–H groups in total. The molecule has 0 aromatic carbocycles. The number of nitrogens with one attached hydrogen (secondary N) is 2. The van der Waals surface area contributed by atoms with Gasteiger partial charge in [0.1, 0.15) is 5.60 Å². The lowest BCUT2D eigenvalue weighted by Crippen LogP contribution is -2.40. The van der Waals surface area contributed by atoms with Gasteiger partial charge in [0.2, 0.25) is 0 Å². The lowest BCUT2D eigenvalue weighted by Gasteiger charge is -2.24. The van der Waals surface area contributed by atoms with Gasteiger partial charge in [-0.25, -0.2) is 4.79 Å². The van der Waals surface area contributed by atoms with Crippen molar-refractivity contribution in [2.24, 2.45) is 4.99 Å². The molecule has 0 fully saturated rings. The largest absolute Gasteiger partial charge is 0.444 e. The van der Waals surface area contributed by atoms with Gasteiger partial charge in [-0.15, -0.1) is 0 Å². The van der Waals surface area contributed by atoms with E-state index in [0.717, 1.165) is 25.6 Å². The van der Waals surface area contributed by atoms with Gasteiger partial charge in [-0.2, -0.15) is 0 Å². The number of carbonyl (C=O) groups excluding carboxylic acids is 1. The molecule has 0 aliphatic rings. The summed E-state index contributed by atoms with van der Waals surface area (Å²) in [6.07, 6.45) is 3.73. The average molecular weight is 337 g/mol. The standard InChI is InChI=1S/C17H31N5O2/c1-6-18-15(20-10-14-22-11-7-8-12-22)19-9-13-21(5)16(23)24-17(2,3)4/h7-8,11-12H,6,9-10,13-14H2,1-5H3,(H2,18,19,20). The van der Waals surface area contributed by atoms with E-state index in [1.54, 1.807) is 7.05 Å². The minimum atomic E-state index is -0.483. The van der Waals surface area contributed by atoms with Crippen molar-refractivity contribution in [3.05, 3.63) is 24.5 Å². The van der Waals surface area contributed by atoms with Crippen molar-refractivity contribution in [1.82, 2.24) is 20.1 Å². The van der Waals surface area contributed by atoms with E-state index >= 15 is 0 Å². The first-order chi connectivity index (χ1) is 11.3. The predicted octanol–water partition coefficient (Wildman–Crippen LogP) is 1.91. The van der Waals surface area contributed by atoms with Crippen LogP contribution in [0.1, 0.15) is 27.7 Å². The summed E-state index contributed by atoms with van der Waals surface area (Å²) in [5, 5.41) is 6.48. The van der Waals surface area contributed by atoms with E-state index in [4.69, 9.17) is 4.74 Å². The maximum absolute atomic E-state index is 11.9. The molecule has 1 aromatic heterocycles. The van der Waals surface area contributed by atoms with Crippen LogP contribution in [0.25, 0.3) is 0 Å². The van der Waals surface area contributed by atoms with Crippen LogP contribution in [0.4, 0.5) is 4.79 Å². The maximum atomic E-state index is 11.9. The minimum absolute atomic E-state index is 0.330. The highest BCUT2D eigenvalue weighted by Crippen LogP contribution is 2.08. The molecule has 7 heteroatoms. The topological polar surface area (TPSA) is 70.9 Å². The van der Waals surface area contributed by atoms with Crippen molar-refractivity contribution < 1.29 is 9.53 Å². The van der Waals surface area contributed by atoms with Crippen molar-refractivity contribution in [1.29, 1.82) is 0 Å². The van der Waals surface area contributed by atoms with Crippen LogP contribution in [0.5, 0.6) is 0 Å². The molecule has 1 amide bonds. The summed E-state index contributed by atoms with van der Waals surface area (Å²) in [7, 11) is 1.72. The molecule has 24 heavy (non-hydrogen) atoms. The van der Waals surface area contributed by atoms with E-state index in [1.165, 1.54) is 4.90 Å². The summed E-state index contributed by atoms with van der Waals surface area (Å²) in [5.41, 5.74) is -0.483. The third-order valence-corrected chi connectivity index (χ3v) is 3.08. The first kappa shape index (κ1) is 19.9. The molecule has 1 aromatic rings. The van der Waals surface area contributed by atoms with Crippen LogP contribution in [-0.4, -0.2) is 60.3 Å².